The summed E-state index contributed by atoms with van der Waals surface area (Å²) < 4.78 is 2.64. The van der Waals surface area contributed by atoms with Crippen molar-refractivity contribution < 1.29 is 0 Å². The van der Waals surface area contributed by atoms with E-state index in [1.807, 2.05) is 30.3 Å². The molecule has 0 fully saturated rings. The quantitative estimate of drug-likeness (QED) is 0.369. The maximum absolute atomic E-state index is 7.44. The third kappa shape index (κ3) is 3.23. The van der Waals surface area contributed by atoms with Gasteiger partial charge in [0, 0.05) is 0 Å². The monoisotopic (exact) mass is 371 g/mol. The molecule has 1 aromatic heterocycles. The van der Waals surface area contributed by atoms with Gasteiger partial charge in [0.1, 0.15) is 0 Å². The topological polar surface area (TPSA) is 113 Å². The third-order valence-electron chi connectivity index (χ3n) is 3.54. The van der Waals surface area contributed by atoms with E-state index in [1.165, 1.54) is 14.5 Å². The summed E-state index contributed by atoms with van der Waals surface area (Å²) >= 11 is -0.437. The summed E-state index contributed by atoms with van der Waals surface area (Å²) in [5, 5.41) is 14.8. The summed E-state index contributed by atoms with van der Waals surface area (Å²) in [6.07, 6.45) is 6.07. The Bertz CT molecular complexity index is 761. The third-order valence-corrected chi connectivity index (χ3v) is 6.58. The van der Waals surface area contributed by atoms with E-state index in [2.05, 4.69) is 17.1 Å². The molecule has 23 heavy (non-hydrogen) atoms. The van der Waals surface area contributed by atoms with Crippen LogP contribution in [0.15, 0.2) is 54.7 Å². The van der Waals surface area contributed by atoms with Crippen LogP contribution in [0.25, 0.3) is 8.94 Å². The van der Waals surface area contributed by atoms with Crippen LogP contribution in [0.5, 0.6) is 0 Å². The van der Waals surface area contributed by atoms with E-state index in [0.717, 1.165) is 11.1 Å². The molecular formula is C17H17N5Se. The van der Waals surface area contributed by atoms with Gasteiger partial charge in [0.2, 0.25) is 0 Å². The van der Waals surface area contributed by atoms with Crippen LogP contribution >= 0.6 is 0 Å². The number of hydrogen-bond donors (Lipinski definition) is 4. The van der Waals surface area contributed by atoms with Crippen molar-refractivity contribution in [3.05, 3.63) is 77.1 Å². The van der Waals surface area contributed by atoms with Crippen molar-refractivity contribution in [2.45, 2.75) is 0 Å². The van der Waals surface area contributed by atoms with E-state index in [9.17, 15) is 0 Å². The molecule has 0 radical (unpaired) electrons. The van der Waals surface area contributed by atoms with Crippen molar-refractivity contribution in [2.24, 2.45) is 11.5 Å². The first-order valence-electron chi connectivity index (χ1n) is 6.99. The van der Waals surface area contributed by atoms with Gasteiger partial charge in [-0.15, -0.1) is 0 Å². The van der Waals surface area contributed by atoms with Gasteiger partial charge < -0.3 is 0 Å². The molecule has 0 saturated carbocycles. The van der Waals surface area contributed by atoms with Crippen LogP contribution in [0.3, 0.4) is 0 Å². The standard InChI is InChI=1S/C17H17N5Se/c18-16(19)11-3-1-10(2-4-11)14-7-8-15(23-14)12-5-6-13(17(20)21)22-9-12/h1-9H,23H2,(H3,18,19)(H3,20,21). The van der Waals surface area contributed by atoms with Gasteiger partial charge in [0.05, 0.1) is 0 Å². The molecule has 0 saturated heterocycles. The number of aromatic nitrogens is 1. The predicted octanol–water partition coefficient (Wildman–Crippen LogP) is 1.21. The van der Waals surface area contributed by atoms with Crippen molar-refractivity contribution in [2.75, 3.05) is 0 Å². The summed E-state index contributed by atoms with van der Waals surface area (Å²) in [6.45, 7) is 0. The Kier molecular flexibility index (Phi) is 4.10. The Morgan fingerprint density at radius 1 is 0.826 bits per heavy atom. The van der Waals surface area contributed by atoms with Gasteiger partial charge in [-0.25, -0.2) is 0 Å². The van der Waals surface area contributed by atoms with Gasteiger partial charge in [-0.3, -0.25) is 0 Å². The predicted molar refractivity (Wildman–Crippen MR) is 97.2 cm³/mol. The fourth-order valence-electron chi connectivity index (χ4n) is 2.27. The Morgan fingerprint density at radius 3 is 1.96 bits per heavy atom. The molecule has 0 spiro atoms. The minimum atomic E-state index is -0.437. The molecule has 0 unspecified atom stereocenters. The Hall–Kier alpha value is -2.69. The Balaban J connectivity index is 1.74. The summed E-state index contributed by atoms with van der Waals surface area (Å²) in [6, 6.07) is 11.5. The SMILES string of the molecule is N=C(N)c1ccc(C2=CC=C(c3ccc(C(=N)N)nc3)[SeH2]2)cc1. The van der Waals surface area contributed by atoms with Gasteiger partial charge in [-0.05, 0) is 0 Å². The second-order valence-corrected chi connectivity index (χ2v) is 7.91. The number of pyridine rings is 1. The van der Waals surface area contributed by atoms with E-state index in [0.29, 0.717) is 5.69 Å². The van der Waals surface area contributed by atoms with Crippen LogP contribution in [0, 0.1) is 10.8 Å². The molecule has 1 aliphatic rings. The molecule has 0 atom stereocenters. The first kappa shape index (κ1) is 15.2. The molecule has 1 aliphatic heterocycles. The van der Waals surface area contributed by atoms with Crippen LogP contribution in [0.4, 0.5) is 0 Å². The molecule has 5 nitrogen and oxygen atoms in total. The summed E-state index contributed by atoms with van der Waals surface area (Å²) in [4.78, 5) is 4.22. The number of allylic oxidation sites excluding steroid dienone is 2. The van der Waals surface area contributed by atoms with E-state index >= 15 is 0 Å². The summed E-state index contributed by atoms with van der Waals surface area (Å²) in [7, 11) is 0. The zero-order valence-corrected chi connectivity index (χ0v) is 14.4. The molecule has 0 aliphatic carbocycles. The second kappa shape index (κ2) is 6.20. The number of amidine groups is 2. The van der Waals surface area contributed by atoms with Gasteiger partial charge in [0.25, 0.3) is 0 Å². The van der Waals surface area contributed by atoms with E-state index in [4.69, 9.17) is 22.3 Å². The number of nitrogens with one attached hydrogen (secondary N) is 2. The molecule has 116 valence electrons. The van der Waals surface area contributed by atoms with Crippen LogP contribution < -0.4 is 11.5 Å². The molecule has 1 aromatic carbocycles. The summed E-state index contributed by atoms with van der Waals surface area (Å²) in [5.74, 6) is 0.0702. The first-order chi connectivity index (χ1) is 11.0. The number of benzene rings is 1. The van der Waals surface area contributed by atoms with E-state index in [1.54, 1.807) is 12.3 Å². The van der Waals surface area contributed by atoms with Gasteiger partial charge in [-0.2, -0.15) is 0 Å². The first-order valence-corrected chi connectivity index (χ1v) is 9.09. The van der Waals surface area contributed by atoms with Crippen molar-refractivity contribution >= 4 is 35.6 Å². The van der Waals surface area contributed by atoms with Gasteiger partial charge >= 0.3 is 140 Å². The van der Waals surface area contributed by atoms with Crippen LogP contribution in [-0.2, 0) is 0 Å². The zero-order chi connectivity index (χ0) is 16.4. The Morgan fingerprint density at radius 2 is 1.43 bits per heavy atom. The fourth-order valence-corrected chi connectivity index (χ4v) is 4.85. The zero-order valence-electron chi connectivity index (χ0n) is 12.3. The molecule has 0 amide bonds. The number of nitrogens with zero attached hydrogens (tertiary/aromatic N) is 1. The average Bonchev–Trinajstić information content (AvgIpc) is 3.05. The number of rotatable bonds is 4. The second-order valence-electron chi connectivity index (χ2n) is 5.12. The van der Waals surface area contributed by atoms with Crippen LogP contribution in [0.1, 0.15) is 22.4 Å². The number of hydrogen-bond acceptors (Lipinski definition) is 3. The van der Waals surface area contributed by atoms with Gasteiger partial charge in [0.15, 0.2) is 0 Å². The van der Waals surface area contributed by atoms with Crippen LogP contribution in [-0.4, -0.2) is 31.6 Å². The maximum atomic E-state index is 7.44. The van der Waals surface area contributed by atoms with E-state index < -0.39 is 15.0 Å². The molecule has 6 heteroatoms. The van der Waals surface area contributed by atoms with Crippen molar-refractivity contribution in [1.82, 2.24) is 4.98 Å². The molecule has 6 N–H and O–H groups in total. The summed E-state index contributed by atoms with van der Waals surface area (Å²) in [5.41, 5.74) is 14.4. The molecular weight excluding hydrogens is 353 g/mol. The fraction of sp³-hybridized carbons (Fsp3) is 0. The average molecular weight is 370 g/mol. The minimum absolute atomic E-state index is 0.0163. The number of nitrogens with two attached hydrogens (primary N) is 2. The molecule has 2 heterocycles. The van der Waals surface area contributed by atoms with Crippen molar-refractivity contribution in [3.8, 4) is 0 Å². The molecule has 2 aromatic rings. The Labute approximate surface area is 140 Å². The van der Waals surface area contributed by atoms with Crippen molar-refractivity contribution in [1.29, 1.82) is 10.8 Å². The molecule has 3 rings (SSSR count). The molecule has 0 bridgehead atoms. The number of nitrogen functional groups attached to an aromatic ring is 2. The van der Waals surface area contributed by atoms with E-state index in [-0.39, 0.29) is 11.7 Å². The van der Waals surface area contributed by atoms with Gasteiger partial charge in [-0.1, -0.05) is 0 Å². The normalized spacial score (nSPS) is 15.1. The van der Waals surface area contributed by atoms with Crippen LogP contribution in [0.2, 0.25) is 0 Å². The van der Waals surface area contributed by atoms with Crippen molar-refractivity contribution in [3.63, 3.8) is 0 Å².